The summed E-state index contributed by atoms with van der Waals surface area (Å²) in [6.07, 6.45) is 2.78. The second kappa shape index (κ2) is 7.73. The lowest BCUT2D eigenvalue weighted by atomic mass is 10.2. The maximum absolute atomic E-state index is 13.3. The molecule has 0 atom stereocenters. The van der Waals surface area contributed by atoms with Crippen LogP contribution in [0.25, 0.3) is 0 Å². The van der Waals surface area contributed by atoms with E-state index >= 15 is 0 Å². The van der Waals surface area contributed by atoms with Crippen molar-refractivity contribution in [3.8, 4) is 0 Å². The minimum absolute atomic E-state index is 0.245. The number of rotatable bonds is 7. The van der Waals surface area contributed by atoms with Crippen LogP contribution in [-0.4, -0.2) is 24.0 Å². The molecule has 0 aromatic carbocycles. The Balaban J connectivity index is 1.98. The zero-order valence-electron chi connectivity index (χ0n) is 11.9. The van der Waals surface area contributed by atoms with Crippen molar-refractivity contribution in [2.75, 3.05) is 18.4 Å². The molecule has 2 aromatic rings. The largest absolute Gasteiger partial charge is 0.369 e. The summed E-state index contributed by atoms with van der Waals surface area (Å²) in [4.78, 5) is 17.3. The first kappa shape index (κ1) is 15.4. The molecular weight excluding hydrogens is 289 g/mol. The summed E-state index contributed by atoms with van der Waals surface area (Å²) >= 11 is 1.65. The number of nitrogens with one attached hydrogen (secondary N) is 2. The van der Waals surface area contributed by atoms with E-state index in [1.807, 2.05) is 24.4 Å². The molecule has 0 aliphatic rings. The first-order chi connectivity index (χ1) is 10.2. The highest BCUT2D eigenvalue weighted by Crippen LogP contribution is 2.14. The van der Waals surface area contributed by atoms with Crippen molar-refractivity contribution in [1.29, 1.82) is 0 Å². The highest BCUT2D eigenvalue weighted by Gasteiger charge is 2.13. The van der Waals surface area contributed by atoms with Gasteiger partial charge in [-0.25, -0.2) is 9.37 Å². The highest BCUT2D eigenvalue weighted by molar-refractivity contribution is 7.09. The van der Waals surface area contributed by atoms with Crippen LogP contribution >= 0.6 is 11.3 Å². The van der Waals surface area contributed by atoms with Crippen molar-refractivity contribution in [3.05, 3.63) is 46.0 Å². The summed E-state index contributed by atoms with van der Waals surface area (Å²) in [6.45, 7) is 3.22. The highest BCUT2D eigenvalue weighted by atomic mass is 32.1. The molecule has 4 nitrogen and oxygen atoms in total. The molecule has 2 N–H and O–H groups in total. The number of nitrogens with zero attached hydrogens (tertiary/aromatic N) is 1. The topological polar surface area (TPSA) is 54.0 Å². The third-order valence-electron chi connectivity index (χ3n) is 2.88. The van der Waals surface area contributed by atoms with Crippen molar-refractivity contribution in [2.45, 2.75) is 19.8 Å². The SMILES string of the molecule is CCCNc1ncc(F)cc1C(=O)NCCc1cccs1. The molecule has 0 aliphatic heterocycles. The number of carbonyl (C=O) groups excluding carboxylic acids is 1. The molecule has 0 spiro atoms. The maximum Gasteiger partial charge on any atom is 0.255 e. The average molecular weight is 307 g/mol. The molecule has 0 aliphatic carbocycles. The lowest BCUT2D eigenvalue weighted by Gasteiger charge is -2.10. The van der Waals surface area contributed by atoms with Crippen LogP contribution in [0.2, 0.25) is 0 Å². The minimum atomic E-state index is -0.513. The van der Waals surface area contributed by atoms with Gasteiger partial charge in [0.15, 0.2) is 0 Å². The van der Waals surface area contributed by atoms with Crippen LogP contribution in [0, 0.1) is 5.82 Å². The Hall–Kier alpha value is -1.95. The van der Waals surface area contributed by atoms with E-state index in [1.54, 1.807) is 11.3 Å². The van der Waals surface area contributed by atoms with Crippen LogP contribution in [0.15, 0.2) is 29.8 Å². The van der Waals surface area contributed by atoms with E-state index in [2.05, 4.69) is 15.6 Å². The fourth-order valence-electron chi connectivity index (χ4n) is 1.85. The van der Waals surface area contributed by atoms with Gasteiger partial charge in [0.05, 0.1) is 11.8 Å². The maximum atomic E-state index is 13.3. The molecular formula is C15H18FN3OS. The van der Waals surface area contributed by atoms with Gasteiger partial charge in [-0.3, -0.25) is 4.79 Å². The van der Waals surface area contributed by atoms with Crippen molar-refractivity contribution in [1.82, 2.24) is 10.3 Å². The summed E-state index contributed by atoms with van der Waals surface area (Å²) in [7, 11) is 0. The van der Waals surface area contributed by atoms with Gasteiger partial charge in [-0.05, 0) is 30.4 Å². The lowest BCUT2D eigenvalue weighted by molar-refractivity contribution is 0.0954. The van der Waals surface area contributed by atoms with Gasteiger partial charge in [-0.1, -0.05) is 13.0 Å². The summed E-state index contributed by atoms with van der Waals surface area (Å²) in [5, 5.41) is 7.84. The number of carbonyl (C=O) groups is 1. The smallest absolute Gasteiger partial charge is 0.255 e. The number of anilines is 1. The van der Waals surface area contributed by atoms with Gasteiger partial charge in [-0.15, -0.1) is 11.3 Å². The third-order valence-corrected chi connectivity index (χ3v) is 3.81. The van der Waals surface area contributed by atoms with Crippen LogP contribution in [0.3, 0.4) is 0 Å². The Morgan fingerprint density at radius 2 is 2.29 bits per heavy atom. The van der Waals surface area contributed by atoms with Gasteiger partial charge in [-0.2, -0.15) is 0 Å². The Bertz CT molecular complexity index is 587. The average Bonchev–Trinajstić information content (AvgIpc) is 2.99. The summed E-state index contributed by atoms with van der Waals surface area (Å²) < 4.78 is 13.3. The van der Waals surface area contributed by atoms with E-state index in [1.165, 1.54) is 10.9 Å². The van der Waals surface area contributed by atoms with E-state index in [-0.39, 0.29) is 11.5 Å². The summed E-state index contributed by atoms with van der Waals surface area (Å²) in [5.74, 6) is -0.399. The summed E-state index contributed by atoms with van der Waals surface area (Å²) in [6, 6.07) is 5.21. The minimum Gasteiger partial charge on any atom is -0.369 e. The van der Waals surface area contributed by atoms with Gasteiger partial charge in [0.1, 0.15) is 11.6 Å². The Morgan fingerprint density at radius 3 is 3.00 bits per heavy atom. The molecule has 0 saturated heterocycles. The van der Waals surface area contributed by atoms with E-state index in [9.17, 15) is 9.18 Å². The zero-order valence-corrected chi connectivity index (χ0v) is 12.7. The van der Waals surface area contributed by atoms with Crippen LogP contribution in [0.4, 0.5) is 10.2 Å². The van der Waals surface area contributed by atoms with Crippen molar-refractivity contribution < 1.29 is 9.18 Å². The number of halogens is 1. The molecule has 0 unspecified atom stereocenters. The number of aromatic nitrogens is 1. The molecule has 0 fully saturated rings. The molecule has 2 aromatic heterocycles. The van der Waals surface area contributed by atoms with Gasteiger partial charge < -0.3 is 10.6 Å². The third kappa shape index (κ3) is 4.53. The standard InChI is InChI=1S/C15H18FN3OS/c1-2-6-17-14-13(9-11(16)10-19-14)15(20)18-7-5-12-4-3-8-21-12/h3-4,8-10H,2,5-7H2,1H3,(H,17,19)(H,18,20). The molecule has 6 heteroatoms. The molecule has 1 amide bonds. The second-order valence-electron chi connectivity index (χ2n) is 4.56. The Kier molecular flexibility index (Phi) is 5.68. The Morgan fingerprint density at radius 1 is 1.43 bits per heavy atom. The van der Waals surface area contributed by atoms with Gasteiger partial charge in [0.2, 0.25) is 0 Å². The number of pyridine rings is 1. The molecule has 0 saturated carbocycles. The summed E-state index contributed by atoms with van der Waals surface area (Å²) in [5.41, 5.74) is 0.245. The fraction of sp³-hybridized carbons (Fsp3) is 0.333. The number of hydrogen-bond donors (Lipinski definition) is 2. The molecule has 0 bridgehead atoms. The van der Waals surface area contributed by atoms with Crippen LogP contribution in [0.1, 0.15) is 28.6 Å². The zero-order chi connectivity index (χ0) is 15.1. The molecule has 0 radical (unpaired) electrons. The number of hydrogen-bond acceptors (Lipinski definition) is 4. The molecule has 112 valence electrons. The normalized spacial score (nSPS) is 10.4. The molecule has 2 rings (SSSR count). The van der Waals surface area contributed by atoms with Crippen LogP contribution in [0.5, 0.6) is 0 Å². The lowest BCUT2D eigenvalue weighted by Crippen LogP contribution is -2.27. The van der Waals surface area contributed by atoms with E-state index in [0.29, 0.717) is 18.9 Å². The number of thiophene rings is 1. The Labute approximate surface area is 127 Å². The number of amides is 1. The first-order valence-electron chi connectivity index (χ1n) is 6.90. The van der Waals surface area contributed by atoms with Gasteiger partial charge >= 0.3 is 0 Å². The predicted molar refractivity (Wildman–Crippen MR) is 83.3 cm³/mol. The van der Waals surface area contributed by atoms with Crippen LogP contribution in [-0.2, 0) is 6.42 Å². The van der Waals surface area contributed by atoms with Gasteiger partial charge in [0.25, 0.3) is 5.91 Å². The predicted octanol–water partition coefficient (Wildman–Crippen LogP) is 3.08. The second-order valence-corrected chi connectivity index (χ2v) is 5.59. The monoisotopic (exact) mass is 307 g/mol. The molecule has 2 heterocycles. The van der Waals surface area contributed by atoms with Gasteiger partial charge in [0, 0.05) is 18.0 Å². The van der Waals surface area contributed by atoms with E-state index in [0.717, 1.165) is 19.0 Å². The van der Waals surface area contributed by atoms with Crippen molar-refractivity contribution in [3.63, 3.8) is 0 Å². The van der Waals surface area contributed by atoms with E-state index < -0.39 is 5.82 Å². The first-order valence-corrected chi connectivity index (χ1v) is 7.78. The van der Waals surface area contributed by atoms with E-state index in [4.69, 9.17) is 0 Å². The molecule has 21 heavy (non-hydrogen) atoms. The fourth-order valence-corrected chi connectivity index (χ4v) is 2.55. The van der Waals surface area contributed by atoms with Crippen molar-refractivity contribution >= 4 is 23.1 Å². The van der Waals surface area contributed by atoms with Crippen LogP contribution < -0.4 is 10.6 Å². The quantitative estimate of drug-likeness (QED) is 0.826. The van der Waals surface area contributed by atoms with Crippen molar-refractivity contribution in [2.24, 2.45) is 0 Å².